The van der Waals surface area contributed by atoms with Crippen LogP contribution < -0.4 is 0 Å². The van der Waals surface area contributed by atoms with Crippen molar-refractivity contribution < 1.29 is 4.74 Å². The van der Waals surface area contributed by atoms with Gasteiger partial charge < -0.3 is 4.74 Å². The van der Waals surface area contributed by atoms with Gasteiger partial charge in [0, 0.05) is 4.43 Å². The third-order valence-electron chi connectivity index (χ3n) is 3.84. The van der Waals surface area contributed by atoms with Gasteiger partial charge in [0.25, 0.3) is 0 Å². The molecule has 0 radical (unpaired) electrons. The lowest BCUT2D eigenvalue weighted by Crippen LogP contribution is -2.32. The van der Waals surface area contributed by atoms with Crippen LogP contribution in [-0.4, -0.2) is 16.6 Å². The summed E-state index contributed by atoms with van der Waals surface area (Å²) in [5.41, 5.74) is 0.268. The summed E-state index contributed by atoms with van der Waals surface area (Å²) in [6.45, 7) is 3.36. The third-order valence-corrected chi connectivity index (χ3v) is 5.23. The van der Waals surface area contributed by atoms with Gasteiger partial charge in [0.15, 0.2) is 0 Å². The van der Waals surface area contributed by atoms with Crippen LogP contribution in [0.2, 0.25) is 0 Å². The van der Waals surface area contributed by atoms with Gasteiger partial charge in [-0.25, -0.2) is 0 Å². The van der Waals surface area contributed by atoms with Crippen molar-refractivity contribution in [2.75, 3.05) is 11.0 Å². The van der Waals surface area contributed by atoms with Crippen molar-refractivity contribution in [2.24, 2.45) is 11.8 Å². The molecule has 2 rings (SSSR count). The van der Waals surface area contributed by atoms with E-state index in [1.165, 1.54) is 43.0 Å². The van der Waals surface area contributed by atoms with Crippen molar-refractivity contribution in [1.29, 1.82) is 0 Å². The molecule has 14 heavy (non-hydrogen) atoms. The van der Waals surface area contributed by atoms with Crippen LogP contribution >= 0.6 is 22.6 Å². The van der Waals surface area contributed by atoms with Crippen LogP contribution in [0.4, 0.5) is 0 Å². The first-order valence-corrected chi connectivity index (χ1v) is 7.48. The van der Waals surface area contributed by atoms with E-state index in [-0.39, 0.29) is 5.60 Å². The molecule has 0 bridgehead atoms. The molecule has 0 spiro atoms. The second-order valence-electron chi connectivity index (χ2n) is 5.15. The van der Waals surface area contributed by atoms with Crippen molar-refractivity contribution in [3.8, 4) is 0 Å². The molecule has 2 fully saturated rings. The van der Waals surface area contributed by atoms with Gasteiger partial charge in [0.2, 0.25) is 0 Å². The molecule has 1 atom stereocenters. The topological polar surface area (TPSA) is 9.23 Å². The highest BCUT2D eigenvalue weighted by atomic mass is 127. The molecule has 0 heterocycles. The SMILES string of the molecule is CC(COC1(CI)CCCC1)C1CC1. The summed E-state index contributed by atoms with van der Waals surface area (Å²) >= 11 is 2.50. The van der Waals surface area contributed by atoms with Gasteiger partial charge in [-0.15, -0.1) is 0 Å². The Morgan fingerprint density at radius 2 is 2.00 bits per heavy atom. The summed E-state index contributed by atoms with van der Waals surface area (Å²) in [4.78, 5) is 0. The summed E-state index contributed by atoms with van der Waals surface area (Å²) in [5.74, 6) is 1.79. The molecular weight excluding hydrogens is 287 g/mol. The standard InChI is InChI=1S/C12H21IO/c1-10(11-4-5-11)8-14-12(9-13)6-2-3-7-12/h10-11H,2-9H2,1H3. The number of halogens is 1. The highest BCUT2D eigenvalue weighted by Gasteiger charge is 2.35. The maximum Gasteiger partial charge on any atom is 0.0771 e. The average Bonchev–Trinajstić information content (AvgIpc) is 2.95. The van der Waals surface area contributed by atoms with Crippen LogP contribution in [0, 0.1) is 11.8 Å². The average molecular weight is 308 g/mol. The van der Waals surface area contributed by atoms with Crippen molar-refractivity contribution in [2.45, 2.75) is 51.0 Å². The number of hydrogen-bond donors (Lipinski definition) is 0. The van der Waals surface area contributed by atoms with E-state index in [0.29, 0.717) is 0 Å². The van der Waals surface area contributed by atoms with E-state index < -0.39 is 0 Å². The van der Waals surface area contributed by atoms with Gasteiger partial charge in [-0.1, -0.05) is 42.4 Å². The fourth-order valence-electron chi connectivity index (χ4n) is 2.45. The lowest BCUT2D eigenvalue weighted by molar-refractivity contribution is -0.0381. The third kappa shape index (κ3) is 2.63. The van der Waals surface area contributed by atoms with E-state index in [9.17, 15) is 0 Å². The van der Waals surface area contributed by atoms with Gasteiger partial charge in [0.1, 0.15) is 0 Å². The van der Waals surface area contributed by atoms with Crippen molar-refractivity contribution in [3.05, 3.63) is 0 Å². The summed E-state index contributed by atoms with van der Waals surface area (Å²) in [7, 11) is 0. The smallest absolute Gasteiger partial charge is 0.0771 e. The predicted octanol–water partition coefficient (Wildman–Crippen LogP) is 3.80. The monoisotopic (exact) mass is 308 g/mol. The molecule has 0 N–H and O–H groups in total. The minimum atomic E-state index is 0.268. The zero-order valence-electron chi connectivity index (χ0n) is 9.10. The van der Waals surface area contributed by atoms with Gasteiger partial charge >= 0.3 is 0 Å². The zero-order valence-corrected chi connectivity index (χ0v) is 11.3. The highest BCUT2D eigenvalue weighted by molar-refractivity contribution is 14.1. The van der Waals surface area contributed by atoms with Crippen molar-refractivity contribution >= 4 is 22.6 Å². The van der Waals surface area contributed by atoms with E-state index in [0.717, 1.165) is 18.4 Å². The van der Waals surface area contributed by atoms with E-state index in [1.54, 1.807) is 0 Å². The van der Waals surface area contributed by atoms with E-state index in [2.05, 4.69) is 29.5 Å². The Hall–Kier alpha value is 0.690. The normalized spacial score (nSPS) is 27.9. The van der Waals surface area contributed by atoms with Crippen LogP contribution in [0.5, 0.6) is 0 Å². The van der Waals surface area contributed by atoms with E-state index in [4.69, 9.17) is 4.74 Å². The quantitative estimate of drug-likeness (QED) is 0.554. The molecule has 0 aromatic carbocycles. The predicted molar refractivity (Wildman–Crippen MR) is 67.9 cm³/mol. The lowest BCUT2D eigenvalue weighted by atomic mass is 10.0. The molecule has 2 heteroatoms. The Balaban J connectivity index is 1.76. The fraction of sp³-hybridized carbons (Fsp3) is 1.00. The van der Waals surface area contributed by atoms with Crippen molar-refractivity contribution in [1.82, 2.24) is 0 Å². The Morgan fingerprint density at radius 3 is 2.50 bits per heavy atom. The van der Waals surface area contributed by atoms with Crippen LogP contribution in [0.25, 0.3) is 0 Å². The number of ether oxygens (including phenoxy) is 1. The van der Waals surface area contributed by atoms with Crippen LogP contribution in [0.15, 0.2) is 0 Å². The second kappa shape index (κ2) is 4.69. The van der Waals surface area contributed by atoms with Crippen LogP contribution in [-0.2, 0) is 4.74 Å². The van der Waals surface area contributed by atoms with Gasteiger partial charge in [-0.3, -0.25) is 0 Å². The zero-order chi connectivity index (χ0) is 10.0. The Morgan fingerprint density at radius 1 is 1.36 bits per heavy atom. The van der Waals surface area contributed by atoms with Crippen LogP contribution in [0.1, 0.15) is 45.4 Å². The maximum absolute atomic E-state index is 6.20. The minimum Gasteiger partial charge on any atom is -0.374 e. The summed E-state index contributed by atoms with van der Waals surface area (Å²) in [5, 5.41) is 0. The molecule has 2 saturated carbocycles. The van der Waals surface area contributed by atoms with Crippen molar-refractivity contribution in [3.63, 3.8) is 0 Å². The fourth-order valence-corrected chi connectivity index (χ4v) is 3.43. The molecule has 0 aromatic rings. The maximum atomic E-state index is 6.20. The molecule has 82 valence electrons. The van der Waals surface area contributed by atoms with Gasteiger partial charge in [0.05, 0.1) is 12.2 Å². The molecule has 0 aromatic heterocycles. The first-order chi connectivity index (χ1) is 6.76. The lowest BCUT2D eigenvalue weighted by Gasteiger charge is -2.28. The summed E-state index contributed by atoms with van der Waals surface area (Å²) < 4.78 is 7.38. The number of hydrogen-bond acceptors (Lipinski definition) is 1. The van der Waals surface area contributed by atoms with E-state index in [1.807, 2.05) is 0 Å². The molecule has 1 unspecified atom stereocenters. The highest BCUT2D eigenvalue weighted by Crippen LogP contribution is 2.39. The Kier molecular flexibility index (Phi) is 3.74. The number of alkyl halides is 1. The van der Waals surface area contributed by atoms with E-state index >= 15 is 0 Å². The molecule has 0 amide bonds. The number of rotatable bonds is 5. The minimum absolute atomic E-state index is 0.268. The first kappa shape index (κ1) is 11.2. The second-order valence-corrected chi connectivity index (χ2v) is 5.91. The molecule has 0 saturated heterocycles. The Bertz CT molecular complexity index is 183. The largest absolute Gasteiger partial charge is 0.374 e. The summed E-state index contributed by atoms with van der Waals surface area (Å²) in [6, 6.07) is 0. The first-order valence-electron chi connectivity index (χ1n) is 5.96. The molecule has 0 aliphatic heterocycles. The molecular formula is C12H21IO. The van der Waals surface area contributed by atoms with Gasteiger partial charge in [-0.05, 0) is 37.5 Å². The Labute approximate surface area is 101 Å². The molecule has 2 aliphatic carbocycles. The summed E-state index contributed by atoms with van der Waals surface area (Å²) in [6.07, 6.45) is 8.24. The van der Waals surface area contributed by atoms with Gasteiger partial charge in [-0.2, -0.15) is 0 Å². The molecule has 1 nitrogen and oxygen atoms in total. The van der Waals surface area contributed by atoms with Crippen LogP contribution in [0.3, 0.4) is 0 Å². The molecule has 2 aliphatic rings.